The average Bonchev–Trinajstić information content (AvgIpc) is 2.54. The van der Waals surface area contributed by atoms with E-state index in [0.29, 0.717) is 12.5 Å². The van der Waals surface area contributed by atoms with Crippen molar-refractivity contribution >= 4 is 23.6 Å². The normalized spacial score (nSPS) is 11.5. The Bertz CT molecular complexity index is 664. The minimum Gasteiger partial charge on any atom is -0.465 e. The van der Waals surface area contributed by atoms with Gasteiger partial charge in [0.05, 0.1) is 12.2 Å². The van der Waals surface area contributed by atoms with E-state index >= 15 is 0 Å². The Balaban J connectivity index is 2.99. The van der Waals surface area contributed by atoms with Crippen LogP contribution in [0, 0.1) is 11.6 Å². The zero-order valence-electron chi connectivity index (χ0n) is 13.3. The first-order chi connectivity index (χ1) is 11.4. The lowest BCUT2D eigenvalue weighted by Gasteiger charge is -2.15. The summed E-state index contributed by atoms with van der Waals surface area (Å²) in [6.45, 7) is 3.96. The highest BCUT2D eigenvalue weighted by Gasteiger charge is 2.23. The van der Waals surface area contributed by atoms with E-state index in [-0.39, 0.29) is 11.5 Å². The Morgan fingerprint density at radius 3 is 2.62 bits per heavy atom. The van der Waals surface area contributed by atoms with Crippen molar-refractivity contribution in [2.24, 2.45) is 5.11 Å². The summed E-state index contributed by atoms with van der Waals surface area (Å²) >= 11 is 0.837. The molecule has 0 aliphatic carbocycles. The van der Waals surface area contributed by atoms with Gasteiger partial charge in [0.25, 0.3) is 5.91 Å². The van der Waals surface area contributed by atoms with Gasteiger partial charge in [0.2, 0.25) is 0 Å². The smallest absolute Gasteiger partial charge is 0.319 e. The number of nitrogens with zero attached hydrogens (tertiary/aromatic N) is 3. The van der Waals surface area contributed by atoms with E-state index in [1.807, 2.05) is 6.92 Å². The highest BCUT2D eigenvalue weighted by atomic mass is 32.2. The number of azide groups is 1. The van der Waals surface area contributed by atoms with Crippen LogP contribution in [0.25, 0.3) is 10.4 Å². The molecule has 24 heavy (non-hydrogen) atoms. The summed E-state index contributed by atoms with van der Waals surface area (Å²) in [5, 5.41) is 2.10. The van der Waals surface area contributed by atoms with Crippen LogP contribution in [0.1, 0.15) is 43.5 Å². The number of ether oxygens (including phenoxy) is 1. The minimum atomic E-state index is -1.16. The van der Waals surface area contributed by atoms with Gasteiger partial charge in [0.1, 0.15) is 16.9 Å². The number of hydrogen-bond acceptors (Lipinski definition) is 4. The molecular weight excluding hydrogens is 340 g/mol. The van der Waals surface area contributed by atoms with Crippen molar-refractivity contribution in [2.75, 3.05) is 6.61 Å². The number of thioether (sulfide) groups is 1. The maximum absolute atomic E-state index is 13.9. The van der Waals surface area contributed by atoms with Gasteiger partial charge in [0.15, 0.2) is 0 Å². The molecule has 0 aliphatic heterocycles. The van der Waals surface area contributed by atoms with Crippen molar-refractivity contribution in [1.82, 2.24) is 0 Å². The van der Waals surface area contributed by atoms with Crippen LogP contribution in [0.3, 0.4) is 0 Å². The molecule has 1 atom stereocenters. The molecular formula is C15H17F2N3O3S. The fourth-order valence-corrected chi connectivity index (χ4v) is 2.73. The first-order valence-electron chi connectivity index (χ1n) is 7.36. The van der Waals surface area contributed by atoms with Gasteiger partial charge in [0, 0.05) is 15.9 Å². The van der Waals surface area contributed by atoms with Crippen LogP contribution >= 0.6 is 11.8 Å². The summed E-state index contributed by atoms with van der Waals surface area (Å²) in [6.07, 6.45) is 1.96. The Hall–Kier alpha value is -2.12. The third-order valence-electron chi connectivity index (χ3n) is 3.03. The van der Waals surface area contributed by atoms with E-state index in [1.54, 1.807) is 6.92 Å². The van der Waals surface area contributed by atoms with Gasteiger partial charge in [-0.25, -0.2) is 8.78 Å². The summed E-state index contributed by atoms with van der Waals surface area (Å²) in [5.74, 6) is -3.69. The molecule has 1 aromatic rings. The van der Waals surface area contributed by atoms with Gasteiger partial charge in [-0.2, -0.15) is 0 Å². The topological polar surface area (TPSA) is 92.1 Å². The maximum atomic E-state index is 13.9. The lowest BCUT2D eigenvalue weighted by Crippen LogP contribution is -2.20. The molecule has 0 aromatic heterocycles. The number of hydrogen-bond donors (Lipinski definition) is 0. The lowest BCUT2D eigenvalue weighted by atomic mass is 10.2. The first kappa shape index (κ1) is 19.9. The fraction of sp³-hybridized carbons (Fsp3) is 0.467. The molecule has 0 bridgehead atoms. The molecule has 130 valence electrons. The number of carbonyl (C=O) groups excluding carboxylic acids is 2. The van der Waals surface area contributed by atoms with Gasteiger partial charge < -0.3 is 4.74 Å². The number of esters is 1. The van der Waals surface area contributed by atoms with Crippen molar-refractivity contribution in [2.45, 2.75) is 43.3 Å². The number of halogens is 2. The zero-order chi connectivity index (χ0) is 18.1. The highest BCUT2D eigenvalue weighted by molar-refractivity contribution is 8.00. The van der Waals surface area contributed by atoms with E-state index in [1.165, 1.54) is 0 Å². The number of rotatable bonds is 8. The van der Waals surface area contributed by atoms with Crippen LogP contribution in [-0.4, -0.2) is 23.7 Å². The monoisotopic (exact) mass is 357 g/mol. The second kappa shape index (κ2) is 9.89. The van der Waals surface area contributed by atoms with Crippen molar-refractivity contribution in [3.8, 4) is 0 Å². The summed E-state index contributed by atoms with van der Waals surface area (Å²) in [4.78, 5) is 25.7. The van der Waals surface area contributed by atoms with Crippen molar-refractivity contribution in [3.63, 3.8) is 0 Å². The molecule has 0 saturated heterocycles. The standard InChI is InChI=1S/C15H17F2N3O3S/c1-3-5-6-23-15(22)12(4-2)24-13-7-9(14(21)19-20-18)10(16)8-11(13)17/h7-8,12H,3-6H2,1-2H3. The van der Waals surface area contributed by atoms with Gasteiger partial charge in [-0.15, -0.1) is 11.8 Å². The quantitative estimate of drug-likeness (QED) is 0.169. The number of amides is 1. The molecule has 0 aliphatic rings. The molecule has 1 rings (SSSR count). The number of carbonyl (C=O) groups is 2. The molecule has 0 fully saturated rings. The molecule has 1 aromatic carbocycles. The predicted molar refractivity (Wildman–Crippen MR) is 85.6 cm³/mol. The second-order valence-corrected chi connectivity index (χ2v) is 6.04. The van der Waals surface area contributed by atoms with Crippen LogP contribution in [0.2, 0.25) is 0 Å². The Morgan fingerprint density at radius 1 is 1.33 bits per heavy atom. The van der Waals surface area contributed by atoms with E-state index in [0.717, 1.165) is 30.7 Å². The second-order valence-electron chi connectivity index (χ2n) is 4.79. The van der Waals surface area contributed by atoms with Gasteiger partial charge in [-0.1, -0.05) is 20.3 Å². The average molecular weight is 357 g/mol. The van der Waals surface area contributed by atoms with Gasteiger partial charge in [-0.05, 0) is 29.6 Å². The van der Waals surface area contributed by atoms with E-state index in [4.69, 9.17) is 10.3 Å². The summed E-state index contributed by atoms with van der Waals surface area (Å²) < 4.78 is 32.7. The molecule has 6 nitrogen and oxygen atoms in total. The third-order valence-corrected chi connectivity index (χ3v) is 4.41. The summed E-state index contributed by atoms with van der Waals surface area (Å²) in [6, 6.07) is 1.46. The van der Waals surface area contributed by atoms with Crippen LogP contribution in [-0.2, 0) is 9.53 Å². The van der Waals surface area contributed by atoms with E-state index in [2.05, 4.69) is 10.0 Å². The van der Waals surface area contributed by atoms with Crippen molar-refractivity contribution in [1.29, 1.82) is 0 Å². The SMILES string of the molecule is CCCCOC(=O)C(CC)Sc1cc(C(=O)N=[N+]=[N-])c(F)cc1F. The van der Waals surface area contributed by atoms with E-state index < -0.39 is 34.3 Å². The maximum Gasteiger partial charge on any atom is 0.319 e. The molecule has 9 heteroatoms. The van der Waals surface area contributed by atoms with Crippen LogP contribution in [0.15, 0.2) is 22.1 Å². The van der Waals surface area contributed by atoms with Crippen LogP contribution in [0.5, 0.6) is 0 Å². The molecule has 0 N–H and O–H groups in total. The minimum absolute atomic E-state index is 0.0906. The van der Waals surface area contributed by atoms with Crippen LogP contribution in [0.4, 0.5) is 8.78 Å². The molecule has 0 spiro atoms. The van der Waals surface area contributed by atoms with Crippen LogP contribution < -0.4 is 0 Å². The van der Waals surface area contributed by atoms with E-state index in [9.17, 15) is 18.4 Å². The van der Waals surface area contributed by atoms with Crippen molar-refractivity contribution in [3.05, 3.63) is 39.8 Å². The Labute approximate surface area is 142 Å². The molecule has 1 amide bonds. The lowest BCUT2D eigenvalue weighted by molar-refractivity contribution is -0.143. The Kier molecular flexibility index (Phi) is 8.21. The highest BCUT2D eigenvalue weighted by Crippen LogP contribution is 2.31. The van der Waals surface area contributed by atoms with Gasteiger partial charge in [-0.3, -0.25) is 9.59 Å². The fourth-order valence-electron chi connectivity index (χ4n) is 1.74. The number of benzene rings is 1. The molecule has 0 saturated carbocycles. The molecule has 0 heterocycles. The van der Waals surface area contributed by atoms with Gasteiger partial charge >= 0.3 is 5.97 Å². The number of unbranched alkanes of at least 4 members (excludes halogenated alkanes) is 1. The Morgan fingerprint density at radius 2 is 2.04 bits per heavy atom. The predicted octanol–water partition coefficient (Wildman–Crippen LogP) is 4.63. The third kappa shape index (κ3) is 5.50. The molecule has 1 unspecified atom stereocenters. The molecule has 0 radical (unpaired) electrons. The zero-order valence-corrected chi connectivity index (χ0v) is 14.1. The summed E-state index contributed by atoms with van der Waals surface area (Å²) in [5.41, 5.74) is 7.70. The summed E-state index contributed by atoms with van der Waals surface area (Å²) in [7, 11) is 0. The van der Waals surface area contributed by atoms with Crippen molar-refractivity contribution < 1.29 is 23.1 Å². The first-order valence-corrected chi connectivity index (χ1v) is 8.24. The largest absolute Gasteiger partial charge is 0.465 e.